The quantitative estimate of drug-likeness (QED) is 0.256. The van der Waals surface area contributed by atoms with Crippen LogP contribution in [0.5, 0.6) is 0 Å². The van der Waals surface area contributed by atoms with E-state index in [0.717, 1.165) is 0 Å². The van der Waals surface area contributed by atoms with Crippen LogP contribution in [0.2, 0.25) is 0 Å². The number of non-ortho nitro benzene ring substituents is 1. The molecule has 0 saturated carbocycles. The number of carbonyl (C=O) groups excluding carboxylic acids is 2. The number of hydrogen-bond acceptors (Lipinski definition) is 10. The maximum absolute atomic E-state index is 12.5. The molecule has 0 aliphatic heterocycles. The van der Waals surface area contributed by atoms with Crippen LogP contribution in [-0.4, -0.2) is 41.5 Å². The number of ether oxygens (including phenoxy) is 1. The molecular weight excluding hydrogens is 470 g/mol. The lowest BCUT2D eigenvalue weighted by Crippen LogP contribution is -2.39. The number of nitrogens with zero attached hydrogens (tertiary/aromatic N) is 3. The lowest BCUT2D eigenvalue weighted by molar-refractivity contribution is -0.384. The lowest BCUT2D eigenvalue weighted by Gasteiger charge is -2.13. The van der Waals surface area contributed by atoms with Crippen molar-refractivity contribution in [2.75, 3.05) is 5.32 Å². The number of anilines is 1. The van der Waals surface area contributed by atoms with Gasteiger partial charge in [0.25, 0.3) is 11.6 Å². The molecule has 3 rings (SSSR count). The average Bonchev–Trinajstić information content (AvgIpc) is 3.26. The highest BCUT2D eigenvalue weighted by Gasteiger charge is 2.24. The minimum atomic E-state index is -4.04. The summed E-state index contributed by atoms with van der Waals surface area (Å²) in [5.41, 5.74) is 0.755. The van der Waals surface area contributed by atoms with E-state index in [2.05, 4.69) is 20.2 Å². The van der Waals surface area contributed by atoms with Crippen molar-refractivity contribution in [3.63, 3.8) is 0 Å². The van der Waals surface area contributed by atoms with E-state index < -0.39 is 33.6 Å². The summed E-state index contributed by atoms with van der Waals surface area (Å²) in [5, 5.41) is 20.8. The highest BCUT2D eigenvalue weighted by molar-refractivity contribution is 7.89. The molecule has 3 aromatic rings. The summed E-state index contributed by atoms with van der Waals surface area (Å²) in [6, 6.07) is 9.59. The second-order valence-corrected chi connectivity index (χ2v) is 8.68. The van der Waals surface area contributed by atoms with Crippen LogP contribution >= 0.6 is 0 Å². The SMILES string of the molecule is CC(=O)Nc1ccc(S(=O)(=O)NC(C)C(=O)OCc2nnc(-c3ccc([N+](=O)[O-])cc3)o2)cc1. The van der Waals surface area contributed by atoms with E-state index in [1.54, 1.807) is 0 Å². The fourth-order valence-corrected chi connectivity index (χ4v) is 3.87. The molecule has 1 aromatic heterocycles. The van der Waals surface area contributed by atoms with E-state index in [-0.39, 0.29) is 28.3 Å². The van der Waals surface area contributed by atoms with Gasteiger partial charge < -0.3 is 14.5 Å². The molecule has 2 N–H and O–H groups in total. The summed E-state index contributed by atoms with van der Waals surface area (Å²) >= 11 is 0. The number of amides is 1. The molecular formula is C20H19N5O8S. The molecule has 0 aliphatic carbocycles. The first-order valence-electron chi connectivity index (χ1n) is 9.69. The van der Waals surface area contributed by atoms with Gasteiger partial charge >= 0.3 is 5.97 Å². The molecule has 1 heterocycles. The number of aromatic nitrogens is 2. The maximum Gasteiger partial charge on any atom is 0.324 e. The van der Waals surface area contributed by atoms with Crippen LogP contribution < -0.4 is 10.0 Å². The zero-order valence-electron chi connectivity index (χ0n) is 17.9. The minimum absolute atomic E-state index is 0.0506. The van der Waals surface area contributed by atoms with Crippen LogP contribution in [-0.2, 0) is 31.0 Å². The lowest BCUT2D eigenvalue weighted by atomic mass is 10.2. The maximum atomic E-state index is 12.5. The summed E-state index contributed by atoms with van der Waals surface area (Å²) in [7, 11) is -4.04. The molecule has 14 heteroatoms. The van der Waals surface area contributed by atoms with Gasteiger partial charge in [-0.15, -0.1) is 10.2 Å². The smallest absolute Gasteiger partial charge is 0.324 e. The molecule has 0 bridgehead atoms. The molecule has 0 radical (unpaired) electrons. The van der Waals surface area contributed by atoms with Gasteiger partial charge in [-0.2, -0.15) is 4.72 Å². The first-order chi connectivity index (χ1) is 16.0. The van der Waals surface area contributed by atoms with Gasteiger partial charge in [-0.25, -0.2) is 8.42 Å². The van der Waals surface area contributed by atoms with E-state index in [9.17, 15) is 28.1 Å². The zero-order valence-corrected chi connectivity index (χ0v) is 18.7. The van der Waals surface area contributed by atoms with Crippen LogP contribution in [0.25, 0.3) is 11.5 Å². The van der Waals surface area contributed by atoms with E-state index in [1.807, 2.05) is 0 Å². The third-order valence-electron chi connectivity index (χ3n) is 4.30. The molecule has 0 fully saturated rings. The summed E-state index contributed by atoms with van der Waals surface area (Å²) in [6.45, 7) is 2.22. The van der Waals surface area contributed by atoms with E-state index in [0.29, 0.717) is 11.3 Å². The van der Waals surface area contributed by atoms with Gasteiger partial charge in [-0.05, 0) is 43.3 Å². The van der Waals surface area contributed by atoms with Gasteiger partial charge in [0.2, 0.25) is 21.8 Å². The fourth-order valence-electron chi connectivity index (χ4n) is 2.68. The van der Waals surface area contributed by atoms with Crippen LogP contribution in [0.1, 0.15) is 19.7 Å². The second kappa shape index (κ2) is 10.2. The van der Waals surface area contributed by atoms with Crippen molar-refractivity contribution in [2.24, 2.45) is 0 Å². The van der Waals surface area contributed by atoms with Crippen molar-refractivity contribution in [3.05, 3.63) is 64.5 Å². The predicted molar refractivity (Wildman–Crippen MR) is 117 cm³/mol. The third-order valence-corrected chi connectivity index (χ3v) is 5.86. The predicted octanol–water partition coefficient (Wildman–Crippen LogP) is 2.01. The number of nitro groups is 1. The van der Waals surface area contributed by atoms with Gasteiger partial charge in [-0.1, -0.05) is 0 Å². The van der Waals surface area contributed by atoms with Crippen LogP contribution in [0, 0.1) is 10.1 Å². The largest absolute Gasteiger partial charge is 0.454 e. The number of nitro benzene ring substituents is 1. The Morgan fingerprint density at radius 1 is 1.12 bits per heavy atom. The molecule has 1 unspecified atom stereocenters. The number of sulfonamides is 1. The Hall–Kier alpha value is -4.17. The molecule has 0 saturated heterocycles. The molecule has 0 spiro atoms. The summed E-state index contributed by atoms with van der Waals surface area (Å²) in [6.07, 6.45) is 0. The van der Waals surface area contributed by atoms with E-state index >= 15 is 0 Å². The molecule has 1 atom stereocenters. The van der Waals surface area contributed by atoms with Crippen LogP contribution in [0.15, 0.2) is 57.8 Å². The van der Waals surface area contributed by atoms with Gasteiger partial charge in [0.05, 0.1) is 9.82 Å². The third kappa shape index (κ3) is 6.20. The molecule has 178 valence electrons. The topological polar surface area (TPSA) is 184 Å². The highest BCUT2D eigenvalue weighted by atomic mass is 32.2. The summed E-state index contributed by atoms with van der Waals surface area (Å²) in [5.74, 6) is -1.16. The molecule has 1 amide bonds. The Morgan fingerprint density at radius 3 is 2.35 bits per heavy atom. The van der Waals surface area contributed by atoms with Crippen LogP contribution in [0.4, 0.5) is 11.4 Å². The number of rotatable bonds is 9. The van der Waals surface area contributed by atoms with Crippen molar-refractivity contribution in [1.29, 1.82) is 0 Å². The first kappa shape index (κ1) is 24.5. The van der Waals surface area contributed by atoms with Crippen molar-refractivity contribution >= 4 is 33.3 Å². The Morgan fingerprint density at radius 2 is 1.76 bits per heavy atom. The fraction of sp³-hybridized carbons (Fsp3) is 0.200. The first-order valence-corrected chi connectivity index (χ1v) is 11.2. The van der Waals surface area contributed by atoms with Crippen molar-refractivity contribution in [2.45, 2.75) is 31.4 Å². The average molecular weight is 489 g/mol. The number of benzene rings is 2. The summed E-state index contributed by atoms with van der Waals surface area (Å²) < 4.78 is 37.6. The summed E-state index contributed by atoms with van der Waals surface area (Å²) in [4.78, 5) is 33.4. The van der Waals surface area contributed by atoms with Gasteiger partial charge in [-0.3, -0.25) is 19.7 Å². The van der Waals surface area contributed by atoms with Crippen molar-refractivity contribution < 1.29 is 32.1 Å². The Bertz CT molecular complexity index is 1300. The number of esters is 1. The van der Waals surface area contributed by atoms with Gasteiger partial charge in [0.15, 0.2) is 6.61 Å². The number of hydrogen-bond donors (Lipinski definition) is 2. The van der Waals surface area contributed by atoms with Crippen LogP contribution in [0.3, 0.4) is 0 Å². The normalized spacial score (nSPS) is 12.1. The second-order valence-electron chi connectivity index (χ2n) is 6.96. The van der Waals surface area contributed by atoms with Crippen molar-refractivity contribution in [3.8, 4) is 11.5 Å². The Kier molecular flexibility index (Phi) is 7.33. The van der Waals surface area contributed by atoms with E-state index in [4.69, 9.17) is 9.15 Å². The Labute approximate surface area is 193 Å². The molecule has 34 heavy (non-hydrogen) atoms. The molecule has 13 nitrogen and oxygen atoms in total. The van der Waals surface area contributed by atoms with E-state index in [1.165, 1.54) is 62.4 Å². The van der Waals surface area contributed by atoms with Crippen molar-refractivity contribution in [1.82, 2.24) is 14.9 Å². The Balaban J connectivity index is 1.56. The van der Waals surface area contributed by atoms with Gasteiger partial charge in [0, 0.05) is 30.3 Å². The monoisotopic (exact) mass is 489 g/mol. The van der Waals surface area contributed by atoms with Gasteiger partial charge in [0.1, 0.15) is 6.04 Å². The number of carbonyl (C=O) groups is 2. The molecule has 0 aliphatic rings. The number of nitrogens with one attached hydrogen (secondary N) is 2. The minimum Gasteiger partial charge on any atom is -0.454 e. The standard InChI is InChI=1S/C20H19N5O8S/c1-12(24-34(30,31)17-9-5-15(6-10-17)21-13(2)26)20(27)32-11-18-22-23-19(33-18)14-3-7-16(8-4-14)25(28)29/h3-10,12,24H,11H2,1-2H3,(H,21,26). The molecule has 2 aromatic carbocycles. The zero-order chi connectivity index (χ0) is 24.9. The highest BCUT2D eigenvalue weighted by Crippen LogP contribution is 2.21.